The van der Waals surface area contributed by atoms with E-state index in [2.05, 4.69) is 59.1 Å². The van der Waals surface area contributed by atoms with Gasteiger partial charge in [0.25, 0.3) is 0 Å². The van der Waals surface area contributed by atoms with Gasteiger partial charge < -0.3 is 48.3 Å². The first-order chi connectivity index (χ1) is 33.3. The summed E-state index contributed by atoms with van der Waals surface area (Å²) in [4.78, 5) is 32.2. The first-order valence-electron chi connectivity index (χ1n) is 24.6. The lowest BCUT2D eigenvalue weighted by Crippen LogP contribution is -2.76. The Morgan fingerprint density at radius 3 is 1.80 bits per heavy atom. The Balaban J connectivity index is 0.000000102. The number of allylic oxidation sites excluding steroid dienone is 2. The molecule has 362 valence electrons. The number of carbonyl (C=O) groups is 2. The van der Waals surface area contributed by atoms with Crippen LogP contribution in [0.5, 0.6) is 34.5 Å². The van der Waals surface area contributed by atoms with Crippen LogP contribution < -0.4 is 28.4 Å². The number of aliphatic hydroxyl groups is 2. The molecule has 11 atom stereocenters. The summed E-state index contributed by atoms with van der Waals surface area (Å²) in [7, 11) is 13.0. The highest BCUT2D eigenvalue weighted by molar-refractivity contribution is 5.99. The van der Waals surface area contributed by atoms with E-state index in [1.165, 1.54) is 28.3 Å². The number of rotatable bonds is 4. The largest absolute Gasteiger partial charge is 0.497 e. The summed E-state index contributed by atoms with van der Waals surface area (Å²) >= 11 is 0. The van der Waals surface area contributed by atoms with E-state index in [9.17, 15) is 19.8 Å². The van der Waals surface area contributed by atoms with E-state index in [4.69, 9.17) is 33.2 Å². The third-order valence-electron chi connectivity index (χ3n) is 19.2. The second-order valence-corrected chi connectivity index (χ2v) is 21.5. The summed E-state index contributed by atoms with van der Waals surface area (Å²) in [5.74, 6) is 5.37. The molecule has 12 aliphatic rings. The van der Waals surface area contributed by atoms with Crippen molar-refractivity contribution in [1.29, 1.82) is 0 Å². The van der Waals surface area contributed by atoms with Crippen molar-refractivity contribution in [3.8, 4) is 34.5 Å². The summed E-state index contributed by atoms with van der Waals surface area (Å²) in [5, 5.41) is 23.4. The number of nitrogens with zero attached hydrogens (tertiary/aromatic N) is 3. The Labute approximate surface area is 402 Å². The number of ketones is 2. The van der Waals surface area contributed by atoms with Gasteiger partial charge in [0.15, 0.2) is 64.4 Å². The smallest absolute Gasteiger partial charge is 0.196 e. The maximum Gasteiger partial charge on any atom is 0.196 e. The van der Waals surface area contributed by atoms with E-state index in [1.54, 1.807) is 34.5 Å². The molecule has 69 heavy (non-hydrogen) atoms. The van der Waals surface area contributed by atoms with Crippen molar-refractivity contribution in [2.24, 2.45) is 0 Å². The Bertz CT molecular complexity index is 2860. The molecule has 6 heterocycles. The number of piperidine rings is 3. The van der Waals surface area contributed by atoms with Gasteiger partial charge in [0.1, 0.15) is 11.4 Å². The molecule has 3 saturated heterocycles. The highest BCUT2D eigenvalue weighted by Gasteiger charge is 2.74. The van der Waals surface area contributed by atoms with E-state index in [1.807, 2.05) is 25.2 Å². The van der Waals surface area contributed by atoms with Crippen molar-refractivity contribution in [3.63, 3.8) is 0 Å². The van der Waals surface area contributed by atoms with E-state index >= 15 is 0 Å². The van der Waals surface area contributed by atoms with Gasteiger partial charge in [-0.2, -0.15) is 0 Å². The topological polar surface area (TPSA) is 149 Å². The van der Waals surface area contributed by atoms with Gasteiger partial charge in [-0.05, 0) is 144 Å². The van der Waals surface area contributed by atoms with Crippen LogP contribution in [0.4, 0.5) is 0 Å². The molecule has 0 radical (unpaired) electrons. The van der Waals surface area contributed by atoms with Gasteiger partial charge in [0.05, 0.1) is 50.3 Å². The van der Waals surface area contributed by atoms with E-state index in [0.29, 0.717) is 48.3 Å². The highest BCUT2D eigenvalue weighted by Crippen LogP contribution is 2.67. The quantitative estimate of drug-likeness (QED) is 0.383. The Morgan fingerprint density at radius 2 is 1.14 bits per heavy atom. The number of carbonyl (C=O) groups excluding carboxylic acids is 2. The number of hydrogen-bond donors (Lipinski definition) is 2. The summed E-state index contributed by atoms with van der Waals surface area (Å²) in [5.41, 5.74) is 5.27. The monoisotopic (exact) mass is 939 g/mol. The number of benzene rings is 3. The molecule has 3 aromatic carbocycles. The van der Waals surface area contributed by atoms with Gasteiger partial charge in [-0.1, -0.05) is 24.3 Å². The molecule has 0 aromatic heterocycles. The normalized spacial score (nSPS) is 37.9. The number of methoxy groups -OCH3 is 4. The van der Waals surface area contributed by atoms with Crippen LogP contribution in [0.15, 0.2) is 72.0 Å². The number of hydrogen-bond acceptors (Lipinski definition) is 14. The van der Waals surface area contributed by atoms with Gasteiger partial charge in [0.2, 0.25) is 0 Å². The van der Waals surface area contributed by atoms with Crippen LogP contribution in [0.1, 0.15) is 65.5 Å². The molecule has 6 aliphatic carbocycles. The molecule has 3 aromatic rings. The van der Waals surface area contributed by atoms with Crippen LogP contribution in [-0.2, 0) is 49.8 Å². The number of ether oxygens (including phenoxy) is 7. The van der Waals surface area contributed by atoms with Gasteiger partial charge >= 0.3 is 0 Å². The first kappa shape index (κ1) is 43.6. The zero-order chi connectivity index (χ0) is 47.7. The van der Waals surface area contributed by atoms with Crippen LogP contribution in [-0.4, -0.2) is 153 Å². The van der Waals surface area contributed by atoms with E-state index in [-0.39, 0.29) is 35.2 Å². The minimum Gasteiger partial charge on any atom is -0.497 e. The number of likely N-dealkylation sites (tertiary alicyclic amines) is 3. The highest BCUT2D eigenvalue weighted by atomic mass is 16.6. The Hall–Kier alpha value is -5.38. The average Bonchev–Trinajstić information content (AvgIpc) is 4.03. The minimum absolute atomic E-state index is 0.0430. The lowest BCUT2D eigenvalue weighted by Gasteiger charge is -2.62. The van der Waals surface area contributed by atoms with Gasteiger partial charge in [-0.15, -0.1) is 0 Å². The van der Waals surface area contributed by atoms with Crippen molar-refractivity contribution in [1.82, 2.24) is 14.7 Å². The average molecular weight is 940 g/mol. The zero-order valence-electron chi connectivity index (χ0n) is 40.4. The van der Waals surface area contributed by atoms with Gasteiger partial charge in [-0.25, -0.2) is 0 Å². The molecule has 14 heteroatoms. The minimum atomic E-state index is -1.08. The standard InChI is InChI=1S/C19H21NO3.C18H21NO4.C18H19NO4/c1-20-9-8-19-12-5-7-15(22-3)18(19)23-17-14(21-2)6-4-11(16(17)19)10-13(12)20;2*1-19-8-7-17-14-10-3-4-12(22-2)15(14)23-16(17)11(20)5-6-18(17,21)13(19)9-10/h4-7,13,18H,8-10H2,1-3H3;3-4,13,16,21H,5-9H2,1-2H3;3-6,13,16,21H,7-9H2,1-2H3/t13?,18-,19?;2*13?,16-,17?,18+/m000/s1. The second kappa shape index (κ2) is 14.6. The Kier molecular flexibility index (Phi) is 9.23. The Morgan fingerprint density at radius 1 is 0.594 bits per heavy atom. The third kappa shape index (κ3) is 5.09. The summed E-state index contributed by atoms with van der Waals surface area (Å²) in [6, 6.07) is 12.7. The van der Waals surface area contributed by atoms with Crippen LogP contribution in [0.3, 0.4) is 0 Å². The molecule has 0 amide bonds. The van der Waals surface area contributed by atoms with Gasteiger partial charge in [0, 0.05) is 41.2 Å². The van der Waals surface area contributed by atoms with E-state index < -0.39 is 34.2 Å². The predicted molar refractivity (Wildman–Crippen MR) is 253 cm³/mol. The molecule has 4 fully saturated rings. The molecule has 6 unspecified atom stereocenters. The third-order valence-corrected chi connectivity index (χ3v) is 19.2. The van der Waals surface area contributed by atoms with Crippen LogP contribution in [0, 0.1) is 0 Å². The molecule has 6 bridgehead atoms. The maximum absolute atomic E-state index is 12.7. The van der Waals surface area contributed by atoms with Crippen molar-refractivity contribution >= 4 is 11.6 Å². The van der Waals surface area contributed by atoms with Crippen molar-refractivity contribution in [2.75, 3.05) is 69.2 Å². The lowest BCUT2D eigenvalue weighted by molar-refractivity contribution is -0.185. The summed E-state index contributed by atoms with van der Waals surface area (Å²) in [6.07, 6.45) is 12.3. The van der Waals surface area contributed by atoms with Gasteiger partial charge in [-0.3, -0.25) is 19.4 Å². The molecule has 14 nitrogen and oxygen atoms in total. The fourth-order valence-corrected chi connectivity index (χ4v) is 16.1. The molecular weight excluding hydrogens is 879 g/mol. The second-order valence-electron chi connectivity index (χ2n) is 21.5. The molecule has 1 saturated carbocycles. The van der Waals surface area contributed by atoms with Crippen molar-refractivity contribution < 1.29 is 53.0 Å². The number of likely N-dealkylation sites (N-methyl/N-ethyl adjacent to an activating group) is 3. The SMILES string of the molecule is COC1=CC=C2C3Cc4ccc(OC)c5c4C2(CCN3C)[C@H]1O5.COc1ccc2c3c1O[C@H]1C(=O)C=C[C@@]4(O)C(C2)N(C)CCC314.COc1ccc2c3c1O[C@H]1C(=O)CC[C@@]4(O)C(C2)N(C)CCC314. The predicted octanol–water partition coefficient (Wildman–Crippen LogP) is 4.30. The first-order valence-corrected chi connectivity index (χ1v) is 24.6. The summed E-state index contributed by atoms with van der Waals surface area (Å²) in [6.45, 7) is 2.79. The van der Waals surface area contributed by atoms with Crippen molar-refractivity contribution in [3.05, 3.63) is 105 Å². The number of Topliss-reactive ketones (excluding diaryl/α,β-unsaturated/α-hetero) is 1. The van der Waals surface area contributed by atoms with Crippen LogP contribution in [0.25, 0.3) is 0 Å². The van der Waals surface area contributed by atoms with Crippen molar-refractivity contribution in [2.45, 2.75) is 115 Å². The summed E-state index contributed by atoms with van der Waals surface area (Å²) < 4.78 is 40.9. The van der Waals surface area contributed by atoms with E-state index in [0.717, 1.165) is 85.7 Å². The molecule has 2 N–H and O–H groups in total. The molecule has 3 spiro atoms. The van der Waals surface area contributed by atoms with Crippen LogP contribution in [0.2, 0.25) is 0 Å². The lowest BCUT2D eigenvalue weighted by atomic mass is 9.49. The fraction of sp³-hybridized carbons (Fsp3) is 0.527. The fourth-order valence-electron chi connectivity index (χ4n) is 16.1. The van der Waals surface area contributed by atoms with Crippen LogP contribution >= 0.6 is 0 Å². The molecule has 15 rings (SSSR count). The maximum atomic E-state index is 12.7. The molecular formula is C55H61N3O11. The zero-order valence-corrected chi connectivity index (χ0v) is 40.4. The molecule has 6 aliphatic heterocycles.